The van der Waals surface area contributed by atoms with E-state index in [4.69, 9.17) is 4.52 Å². The van der Waals surface area contributed by atoms with Crippen molar-refractivity contribution < 1.29 is 4.52 Å². The molecule has 0 unspecified atom stereocenters. The summed E-state index contributed by atoms with van der Waals surface area (Å²) in [6.45, 7) is 27.6. The van der Waals surface area contributed by atoms with Crippen LogP contribution >= 0.6 is 11.3 Å². The van der Waals surface area contributed by atoms with Crippen molar-refractivity contribution in [3.8, 4) is 28.2 Å². The lowest BCUT2D eigenvalue weighted by molar-refractivity contribution is 0.392. The Balaban J connectivity index is 0.000000165. The average molecular weight is 756 g/mol. The smallest absolute Gasteiger partial charge is 0.137 e. The molecule has 3 aromatic carbocycles. The predicted octanol–water partition coefficient (Wildman–Crippen LogP) is 14.0. The van der Waals surface area contributed by atoms with Gasteiger partial charge in [-0.1, -0.05) is 124 Å². The molecule has 7 rings (SSSR count). The van der Waals surface area contributed by atoms with Crippen LogP contribution in [0.2, 0.25) is 0 Å². The lowest BCUT2D eigenvalue weighted by Crippen LogP contribution is -2.00. The molecule has 0 atom stereocenters. The van der Waals surface area contributed by atoms with Gasteiger partial charge in [0.1, 0.15) is 5.76 Å². The van der Waals surface area contributed by atoms with Crippen molar-refractivity contribution in [3.05, 3.63) is 153 Å². The van der Waals surface area contributed by atoms with Gasteiger partial charge < -0.3 is 9.09 Å². The Kier molecular flexibility index (Phi) is 15.6. The number of rotatable bonds is 7. The van der Waals surface area contributed by atoms with Gasteiger partial charge in [0, 0.05) is 57.8 Å². The van der Waals surface area contributed by atoms with Crippen LogP contribution in [0.3, 0.4) is 0 Å². The minimum Gasteiger partial charge on any atom is -0.361 e. The quantitative estimate of drug-likeness (QED) is 0.162. The first kappa shape index (κ1) is 42.7. The summed E-state index contributed by atoms with van der Waals surface area (Å²) in [6, 6.07) is 32.4. The minimum absolute atomic E-state index is 0.421. The molecule has 7 heteroatoms. The van der Waals surface area contributed by atoms with E-state index in [2.05, 4.69) is 199 Å². The molecule has 4 aromatic heterocycles. The Bertz CT molecular complexity index is 2050. The zero-order valence-corrected chi connectivity index (χ0v) is 36.1. The first-order valence-corrected chi connectivity index (χ1v) is 20.3. The fraction of sp³-hybridized carbons (Fsp3) is 0.354. The molecule has 0 amide bonds. The van der Waals surface area contributed by atoms with Crippen molar-refractivity contribution >= 4 is 11.3 Å². The fourth-order valence-electron chi connectivity index (χ4n) is 6.03. The van der Waals surface area contributed by atoms with E-state index in [0.29, 0.717) is 23.8 Å². The highest BCUT2D eigenvalue weighted by Gasteiger charge is 2.11. The van der Waals surface area contributed by atoms with Crippen molar-refractivity contribution in [2.45, 2.75) is 114 Å². The monoisotopic (exact) mass is 755 g/mol. The summed E-state index contributed by atoms with van der Waals surface area (Å²) < 4.78 is 9.24. The van der Waals surface area contributed by atoms with Gasteiger partial charge in [0.2, 0.25) is 0 Å². The van der Waals surface area contributed by atoms with E-state index in [9.17, 15) is 0 Å². The maximum Gasteiger partial charge on any atom is 0.137 e. The summed E-state index contributed by atoms with van der Waals surface area (Å²) in [5.41, 5.74) is 13.3. The summed E-state index contributed by atoms with van der Waals surface area (Å²) in [6.07, 6.45) is 4.15. The normalized spacial score (nSPS) is 10.9. The van der Waals surface area contributed by atoms with Crippen LogP contribution in [-0.2, 0) is 0 Å². The van der Waals surface area contributed by atoms with Crippen LogP contribution in [0, 0.1) is 34.6 Å². The molecule has 0 bridgehead atoms. The number of aryl methyl sites for hydroxylation is 5. The molecule has 0 aliphatic rings. The molecule has 0 saturated heterocycles. The molecule has 0 N–H and O–H groups in total. The molecular formula is C48H61N5OS. The Morgan fingerprint density at radius 3 is 1.55 bits per heavy atom. The molecule has 0 fully saturated rings. The first-order chi connectivity index (χ1) is 26.1. The minimum atomic E-state index is 0.421. The predicted molar refractivity (Wildman–Crippen MR) is 234 cm³/mol. The molecule has 4 heterocycles. The van der Waals surface area contributed by atoms with Crippen LogP contribution in [0.25, 0.3) is 28.2 Å². The van der Waals surface area contributed by atoms with Gasteiger partial charge >= 0.3 is 0 Å². The maximum atomic E-state index is 5.01. The number of hydrogen-bond acceptors (Lipinski definition) is 5. The van der Waals surface area contributed by atoms with Gasteiger partial charge in [0.25, 0.3) is 0 Å². The molecular weight excluding hydrogens is 695 g/mol. The highest BCUT2D eigenvalue weighted by atomic mass is 32.1. The van der Waals surface area contributed by atoms with Gasteiger partial charge in [-0.2, -0.15) is 5.10 Å². The summed E-state index contributed by atoms with van der Waals surface area (Å²) in [5, 5.41) is 11.7. The van der Waals surface area contributed by atoms with E-state index in [1.165, 1.54) is 49.8 Å². The number of nitrogens with zero attached hydrogens (tertiary/aromatic N) is 5. The highest BCUT2D eigenvalue weighted by molar-refractivity contribution is 7.10. The van der Waals surface area contributed by atoms with E-state index in [0.717, 1.165) is 22.8 Å². The second-order valence-corrected chi connectivity index (χ2v) is 16.3. The third-order valence-electron chi connectivity index (χ3n) is 9.20. The van der Waals surface area contributed by atoms with E-state index in [-0.39, 0.29) is 0 Å². The van der Waals surface area contributed by atoms with Crippen LogP contribution in [0.4, 0.5) is 0 Å². The Morgan fingerprint density at radius 1 is 0.582 bits per heavy atom. The topological polar surface area (TPSA) is 61.7 Å². The van der Waals surface area contributed by atoms with E-state index in [1.54, 1.807) is 11.3 Å². The van der Waals surface area contributed by atoms with Crippen LogP contribution in [0.15, 0.2) is 113 Å². The highest BCUT2D eigenvalue weighted by Crippen LogP contribution is 2.26. The molecule has 0 saturated carbocycles. The third-order valence-corrected chi connectivity index (χ3v) is 10.3. The number of benzene rings is 3. The SMILES string of the molecule is Cc1ccc(-c2ccn(C(C)C)n2)cc1.Cc1ccc(-c2csc(C(C)C)n2)cc1.Cc1ccc(-n2cccc2C(C)C)cc1.Cc1noc(C)c1C(C)C. The first-order valence-electron chi connectivity index (χ1n) is 19.5. The van der Waals surface area contributed by atoms with Crippen molar-refractivity contribution in [1.29, 1.82) is 0 Å². The average Bonchev–Trinajstić information content (AvgIpc) is 3.98. The van der Waals surface area contributed by atoms with Gasteiger partial charge in [-0.05, 0) is 90.6 Å². The summed E-state index contributed by atoms with van der Waals surface area (Å²) in [4.78, 5) is 4.63. The van der Waals surface area contributed by atoms with Gasteiger partial charge in [-0.25, -0.2) is 4.98 Å². The van der Waals surface area contributed by atoms with Crippen molar-refractivity contribution in [1.82, 2.24) is 24.5 Å². The summed E-state index contributed by atoms with van der Waals surface area (Å²) >= 11 is 1.75. The lowest BCUT2D eigenvalue weighted by atomic mass is 10.0. The van der Waals surface area contributed by atoms with Crippen LogP contribution in [0.5, 0.6) is 0 Å². The fourth-order valence-corrected chi connectivity index (χ4v) is 6.88. The number of thiazole rings is 1. The van der Waals surface area contributed by atoms with E-state index < -0.39 is 0 Å². The van der Waals surface area contributed by atoms with Gasteiger partial charge in [0.15, 0.2) is 0 Å². The summed E-state index contributed by atoms with van der Waals surface area (Å²) in [7, 11) is 0. The van der Waals surface area contributed by atoms with Gasteiger partial charge in [-0.3, -0.25) is 4.68 Å². The second kappa shape index (κ2) is 20.1. The lowest BCUT2D eigenvalue weighted by Gasteiger charge is -2.12. The van der Waals surface area contributed by atoms with Crippen LogP contribution in [0.1, 0.15) is 124 Å². The standard InChI is InChI=1S/C14H17N.C13H16N2.C13H15NS.C8H13NO/c1-11(2)14-5-4-10-15(14)13-8-6-12(3)7-9-13;1-10(2)15-9-8-13(14-15)12-6-4-11(3)5-7-12;1-9(2)13-14-12(8-15-13)11-6-4-10(3)5-7-11;1-5(2)8-6(3)9-10-7(8)4/h4-11H,1-3H3;4-10H,1-3H3;4-9H,1-3H3;5H,1-4H3. The Morgan fingerprint density at radius 2 is 1.13 bits per heavy atom. The molecule has 7 aromatic rings. The maximum absolute atomic E-state index is 5.01. The largest absolute Gasteiger partial charge is 0.361 e. The third kappa shape index (κ3) is 12.2. The van der Waals surface area contributed by atoms with Crippen molar-refractivity contribution in [2.24, 2.45) is 0 Å². The molecule has 0 spiro atoms. The Hall–Kier alpha value is -5.01. The molecule has 0 aliphatic carbocycles. The molecule has 0 radical (unpaired) electrons. The van der Waals surface area contributed by atoms with Gasteiger partial charge in [-0.15, -0.1) is 11.3 Å². The summed E-state index contributed by atoms with van der Waals surface area (Å²) in [5.74, 6) is 2.55. The zero-order chi connectivity index (χ0) is 40.2. The molecule has 55 heavy (non-hydrogen) atoms. The number of aromatic nitrogens is 5. The van der Waals surface area contributed by atoms with Crippen LogP contribution in [-0.4, -0.2) is 24.5 Å². The van der Waals surface area contributed by atoms with E-state index >= 15 is 0 Å². The van der Waals surface area contributed by atoms with Crippen LogP contribution < -0.4 is 0 Å². The molecule has 290 valence electrons. The van der Waals surface area contributed by atoms with Crippen molar-refractivity contribution in [2.75, 3.05) is 0 Å². The van der Waals surface area contributed by atoms with Gasteiger partial charge in [0.05, 0.1) is 22.1 Å². The zero-order valence-electron chi connectivity index (χ0n) is 35.3. The second-order valence-electron chi connectivity index (χ2n) is 15.4. The molecule has 0 aliphatic heterocycles. The number of hydrogen-bond donors (Lipinski definition) is 0. The Labute approximate surface area is 334 Å². The molecule has 6 nitrogen and oxygen atoms in total. The van der Waals surface area contributed by atoms with Crippen molar-refractivity contribution in [3.63, 3.8) is 0 Å². The van der Waals surface area contributed by atoms with E-state index in [1.807, 2.05) is 24.7 Å².